The van der Waals surface area contributed by atoms with Crippen LogP contribution in [0.2, 0.25) is 0 Å². The molecule has 0 fully saturated rings. The predicted molar refractivity (Wildman–Crippen MR) is 48.4 cm³/mol. The monoisotopic (exact) mass is 272 g/mol. The van der Waals surface area contributed by atoms with Crippen molar-refractivity contribution in [1.29, 1.82) is 0 Å². The average molecular weight is 272 g/mol. The number of ether oxygens (including phenoxy) is 1. The van der Waals surface area contributed by atoms with Crippen LogP contribution in [-0.4, -0.2) is 13.4 Å². The molecule has 0 amide bonds. The molecule has 0 saturated carbocycles. The zero-order valence-corrected chi connectivity index (χ0v) is 8.82. The molecule has 0 aromatic heterocycles. The van der Waals surface area contributed by atoms with Gasteiger partial charge in [0.25, 0.3) is 0 Å². The highest BCUT2D eigenvalue weighted by Crippen LogP contribution is 2.43. The van der Waals surface area contributed by atoms with Crippen LogP contribution in [0.3, 0.4) is 0 Å². The number of carbonyl (C=O) groups is 1. The second-order valence-corrected chi connectivity index (χ2v) is 3.22. The first kappa shape index (κ1) is 14.3. The zero-order chi connectivity index (χ0) is 14.1. The first-order chi connectivity index (χ1) is 8.12. The number of aldehydes is 1. The molecule has 0 unspecified atom stereocenters. The third-order valence-corrected chi connectivity index (χ3v) is 2.13. The standard InChI is InChI=1S/C10H6F6O2/c1-18-7-3-2-6(9(11,12)13)8(5(7)4-17)10(14,15)16/h2-4H,1H3. The van der Waals surface area contributed by atoms with Crippen LogP contribution in [0.15, 0.2) is 12.1 Å². The molecule has 0 bridgehead atoms. The van der Waals surface area contributed by atoms with E-state index in [-0.39, 0.29) is 12.4 Å². The van der Waals surface area contributed by atoms with Gasteiger partial charge < -0.3 is 4.74 Å². The maximum Gasteiger partial charge on any atom is 0.417 e. The van der Waals surface area contributed by atoms with Gasteiger partial charge in [0.05, 0.1) is 23.8 Å². The molecule has 1 rings (SSSR count). The molecule has 0 radical (unpaired) electrons. The van der Waals surface area contributed by atoms with Crippen molar-refractivity contribution in [3.05, 3.63) is 28.8 Å². The van der Waals surface area contributed by atoms with Crippen molar-refractivity contribution < 1.29 is 35.9 Å². The van der Waals surface area contributed by atoms with Crippen LogP contribution in [0.5, 0.6) is 5.75 Å². The first-order valence-electron chi connectivity index (χ1n) is 4.43. The highest BCUT2D eigenvalue weighted by atomic mass is 19.4. The Balaban J connectivity index is 3.72. The number of carbonyl (C=O) groups excluding carboxylic acids is 1. The van der Waals surface area contributed by atoms with Gasteiger partial charge in [0.2, 0.25) is 0 Å². The topological polar surface area (TPSA) is 26.3 Å². The van der Waals surface area contributed by atoms with Gasteiger partial charge in [-0.1, -0.05) is 0 Å². The van der Waals surface area contributed by atoms with Crippen molar-refractivity contribution in [2.75, 3.05) is 7.11 Å². The molecule has 100 valence electrons. The Morgan fingerprint density at radius 2 is 1.61 bits per heavy atom. The summed E-state index contributed by atoms with van der Waals surface area (Å²) < 4.78 is 79.7. The van der Waals surface area contributed by atoms with E-state index in [1.165, 1.54) is 0 Å². The molecule has 1 aromatic rings. The summed E-state index contributed by atoms with van der Waals surface area (Å²) in [7, 11) is 0.954. The van der Waals surface area contributed by atoms with E-state index in [0.29, 0.717) is 6.07 Å². The van der Waals surface area contributed by atoms with E-state index >= 15 is 0 Å². The van der Waals surface area contributed by atoms with Gasteiger partial charge in [-0.3, -0.25) is 4.79 Å². The minimum atomic E-state index is -5.31. The van der Waals surface area contributed by atoms with Crippen LogP contribution in [0.25, 0.3) is 0 Å². The maximum atomic E-state index is 12.6. The van der Waals surface area contributed by atoms with Gasteiger partial charge in [0.1, 0.15) is 5.75 Å². The normalized spacial score (nSPS) is 12.4. The van der Waals surface area contributed by atoms with E-state index < -0.39 is 34.8 Å². The van der Waals surface area contributed by atoms with E-state index in [1.807, 2.05) is 0 Å². The molecule has 1 aromatic carbocycles. The summed E-state index contributed by atoms with van der Waals surface area (Å²) in [4.78, 5) is 10.6. The molecule has 0 heterocycles. The van der Waals surface area contributed by atoms with Crippen LogP contribution >= 0.6 is 0 Å². The fourth-order valence-electron chi connectivity index (χ4n) is 1.44. The number of benzene rings is 1. The van der Waals surface area contributed by atoms with Gasteiger partial charge in [0, 0.05) is 0 Å². The third kappa shape index (κ3) is 2.57. The molecule has 0 saturated heterocycles. The van der Waals surface area contributed by atoms with Crippen molar-refractivity contribution in [3.8, 4) is 5.75 Å². The van der Waals surface area contributed by atoms with Crippen molar-refractivity contribution in [1.82, 2.24) is 0 Å². The molecule has 0 aliphatic carbocycles. The molecule has 8 heteroatoms. The van der Waals surface area contributed by atoms with Gasteiger partial charge in [-0.25, -0.2) is 0 Å². The fraction of sp³-hybridized carbons (Fsp3) is 0.300. The Morgan fingerprint density at radius 1 is 1.06 bits per heavy atom. The lowest BCUT2D eigenvalue weighted by Crippen LogP contribution is -2.19. The van der Waals surface area contributed by atoms with Gasteiger partial charge in [-0.05, 0) is 12.1 Å². The number of rotatable bonds is 2. The van der Waals surface area contributed by atoms with Crippen molar-refractivity contribution in [2.45, 2.75) is 12.4 Å². The quantitative estimate of drug-likeness (QED) is 0.608. The van der Waals surface area contributed by atoms with Gasteiger partial charge in [-0.15, -0.1) is 0 Å². The van der Waals surface area contributed by atoms with Crippen LogP contribution in [0.1, 0.15) is 21.5 Å². The van der Waals surface area contributed by atoms with Gasteiger partial charge in [0.15, 0.2) is 6.29 Å². The minimum absolute atomic E-state index is 0.231. The van der Waals surface area contributed by atoms with E-state index in [4.69, 9.17) is 0 Å². The molecule has 0 aliphatic rings. The number of halogens is 6. The lowest BCUT2D eigenvalue weighted by Gasteiger charge is -2.18. The second kappa shape index (κ2) is 4.51. The summed E-state index contributed by atoms with van der Waals surface area (Å²) in [5, 5.41) is 0. The Kier molecular flexibility index (Phi) is 3.59. The van der Waals surface area contributed by atoms with E-state index in [9.17, 15) is 31.1 Å². The van der Waals surface area contributed by atoms with Crippen molar-refractivity contribution in [2.24, 2.45) is 0 Å². The van der Waals surface area contributed by atoms with Crippen LogP contribution < -0.4 is 4.74 Å². The SMILES string of the molecule is COc1ccc(C(F)(F)F)c(C(F)(F)F)c1C=O. The number of methoxy groups -OCH3 is 1. The Hall–Kier alpha value is -1.73. The van der Waals surface area contributed by atoms with Crippen LogP contribution in [0.4, 0.5) is 26.3 Å². The summed E-state index contributed by atoms with van der Waals surface area (Å²) in [6.07, 6.45) is -10.8. The smallest absolute Gasteiger partial charge is 0.417 e. The zero-order valence-electron chi connectivity index (χ0n) is 8.82. The van der Waals surface area contributed by atoms with E-state index in [0.717, 1.165) is 7.11 Å². The maximum absolute atomic E-state index is 12.6. The van der Waals surface area contributed by atoms with Crippen LogP contribution in [-0.2, 0) is 12.4 Å². The summed E-state index contributed by atoms with van der Waals surface area (Å²) in [5.74, 6) is -0.565. The highest BCUT2D eigenvalue weighted by molar-refractivity contribution is 5.83. The van der Waals surface area contributed by atoms with Gasteiger partial charge in [-0.2, -0.15) is 26.3 Å². The van der Waals surface area contributed by atoms with Crippen LogP contribution in [0, 0.1) is 0 Å². The number of hydrogen-bond acceptors (Lipinski definition) is 2. The minimum Gasteiger partial charge on any atom is -0.496 e. The summed E-state index contributed by atoms with van der Waals surface area (Å²) in [6.45, 7) is 0. The Morgan fingerprint density at radius 3 is 1.94 bits per heavy atom. The molecule has 0 N–H and O–H groups in total. The highest BCUT2D eigenvalue weighted by Gasteiger charge is 2.45. The molecular formula is C10H6F6O2. The Labute approximate surface area is 97.2 Å². The van der Waals surface area contributed by atoms with E-state index in [2.05, 4.69) is 4.74 Å². The summed E-state index contributed by atoms with van der Waals surface area (Å²) in [6, 6.07) is 0.899. The lowest BCUT2D eigenvalue weighted by molar-refractivity contribution is -0.162. The molecule has 2 nitrogen and oxygen atoms in total. The molecule has 0 aliphatic heterocycles. The van der Waals surface area contributed by atoms with Gasteiger partial charge >= 0.3 is 12.4 Å². The summed E-state index contributed by atoms with van der Waals surface area (Å²) >= 11 is 0. The number of hydrogen-bond donors (Lipinski definition) is 0. The van der Waals surface area contributed by atoms with Crippen molar-refractivity contribution in [3.63, 3.8) is 0 Å². The average Bonchev–Trinajstić information content (AvgIpc) is 2.24. The molecular weight excluding hydrogens is 266 g/mol. The predicted octanol–water partition coefficient (Wildman–Crippen LogP) is 3.55. The third-order valence-electron chi connectivity index (χ3n) is 2.13. The fourth-order valence-corrected chi connectivity index (χ4v) is 1.44. The summed E-state index contributed by atoms with van der Waals surface area (Å²) in [5.41, 5.74) is -5.12. The lowest BCUT2D eigenvalue weighted by atomic mass is 9.99. The van der Waals surface area contributed by atoms with E-state index in [1.54, 1.807) is 0 Å². The largest absolute Gasteiger partial charge is 0.496 e. The first-order valence-corrected chi connectivity index (χ1v) is 4.43. The second-order valence-electron chi connectivity index (χ2n) is 3.22. The molecule has 0 atom stereocenters. The number of alkyl halides is 6. The van der Waals surface area contributed by atoms with Crippen molar-refractivity contribution >= 4 is 6.29 Å². The molecule has 0 spiro atoms. The molecule has 18 heavy (non-hydrogen) atoms. The Bertz CT molecular complexity index is 461.